The number of rotatable bonds is 18. The summed E-state index contributed by atoms with van der Waals surface area (Å²) in [5.74, 6) is 2.45. The monoisotopic (exact) mass is 610 g/mol. The molecule has 0 bridgehead atoms. The zero-order valence-electron chi connectivity index (χ0n) is 25.9. The number of anilines is 2. The smallest absolute Gasteiger partial charge is 0.0364 e. The number of benzene rings is 2. The first-order valence-corrected chi connectivity index (χ1v) is 17.9. The molecular formula is C37H46N4S2. The predicted octanol–water partition coefficient (Wildman–Crippen LogP) is 9.76. The summed E-state index contributed by atoms with van der Waals surface area (Å²) in [6, 6.07) is 23.9. The standard InChI is InChI=1S/C37H46N4S2/c1-4-41-28-23-35(31-41)12-11-33-15-19-37(20-16-33)40(3)27-6-8-30-43-42-29-7-5-26-39(2)36-17-13-32(14-18-36)9-10-34-21-24-38-25-22-34/h9-25,28,31H,4-8,26-27,29-30H2,1-3H3/b10-9+,12-11+. The molecule has 0 radical (unpaired) electrons. The lowest BCUT2D eigenvalue weighted by Gasteiger charge is -2.19. The second-order valence-corrected chi connectivity index (χ2v) is 13.5. The SMILES string of the molecule is CCn1ccc(/C=C/c2ccc(N(C)CCCCSSCCCCN(C)c3ccc(/C=C/c4ccncc4)cc3)cc2)c1. The molecule has 0 aliphatic heterocycles. The maximum absolute atomic E-state index is 4.07. The van der Waals surface area contributed by atoms with Crippen LogP contribution in [0.1, 0.15) is 54.9 Å². The topological polar surface area (TPSA) is 24.3 Å². The van der Waals surface area contributed by atoms with Crippen LogP contribution in [-0.2, 0) is 6.54 Å². The van der Waals surface area contributed by atoms with Gasteiger partial charge in [0.15, 0.2) is 0 Å². The Morgan fingerprint density at radius 1 is 0.605 bits per heavy atom. The average molecular weight is 611 g/mol. The number of nitrogens with zero attached hydrogens (tertiary/aromatic N) is 4. The van der Waals surface area contributed by atoms with Gasteiger partial charge >= 0.3 is 0 Å². The second kappa shape index (κ2) is 18.3. The minimum atomic E-state index is 1.01. The molecule has 226 valence electrons. The molecule has 4 aromatic rings. The van der Waals surface area contributed by atoms with Crippen LogP contribution in [0.3, 0.4) is 0 Å². The van der Waals surface area contributed by atoms with Gasteiger partial charge in [0, 0.05) is 81.4 Å². The van der Waals surface area contributed by atoms with E-state index in [9.17, 15) is 0 Å². The molecule has 0 atom stereocenters. The molecule has 0 saturated carbocycles. The Hall–Kier alpha value is -3.35. The molecule has 2 aromatic heterocycles. The van der Waals surface area contributed by atoms with Crippen molar-refractivity contribution in [2.75, 3.05) is 48.5 Å². The molecule has 0 amide bonds. The first-order chi connectivity index (χ1) is 21.1. The quantitative estimate of drug-likeness (QED) is 0.0825. The van der Waals surface area contributed by atoms with Gasteiger partial charge in [-0.1, -0.05) is 70.2 Å². The number of pyridine rings is 1. The van der Waals surface area contributed by atoms with Crippen LogP contribution < -0.4 is 9.80 Å². The van der Waals surface area contributed by atoms with Crippen LogP contribution in [0.4, 0.5) is 11.4 Å². The normalized spacial score (nSPS) is 11.5. The lowest BCUT2D eigenvalue weighted by molar-refractivity contribution is 0.769. The number of aromatic nitrogens is 2. The van der Waals surface area contributed by atoms with Crippen molar-refractivity contribution in [1.82, 2.24) is 9.55 Å². The molecule has 6 heteroatoms. The van der Waals surface area contributed by atoms with Gasteiger partial charge in [-0.3, -0.25) is 4.98 Å². The molecule has 0 N–H and O–H groups in total. The highest BCUT2D eigenvalue weighted by Crippen LogP contribution is 2.25. The maximum Gasteiger partial charge on any atom is 0.0364 e. The molecule has 0 spiro atoms. The lowest BCUT2D eigenvalue weighted by Crippen LogP contribution is -2.18. The van der Waals surface area contributed by atoms with E-state index in [0.717, 1.165) is 19.6 Å². The number of aryl methyl sites for hydroxylation is 1. The fourth-order valence-corrected chi connectivity index (χ4v) is 6.98. The van der Waals surface area contributed by atoms with Crippen LogP contribution in [-0.4, -0.2) is 48.2 Å². The third-order valence-electron chi connectivity index (χ3n) is 7.47. The largest absolute Gasteiger partial charge is 0.375 e. The lowest BCUT2D eigenvalue weighted by atomic mass is 10.1. The van der Waals surface area contributed by atoms with E-state index in [1.54, 1.807) is 0 Å². The summed E-state index contributed by atoms with van der Waals surface area (Å²) in [4.78, 5) is 8.80. The molecule has 0 saturated heterocycles. The van der Waals surface area contributed by atoms with Gasteiger partial charge in [0.1, 0.15) is 0 Å². The highest BCUT2D eigenvalue weighted by molar-refractivity contribution is 8.76. The van der Waals surface area contributed by atoms with Gasteiger partial charge in [-0.05, 0) is 97.3 Å². The van der Waals surface area contributed by atoms with Gasteiger partial charge in [-0.25, -0.2) is 0 Å². The van der Waals surface area contributed by atoms with Crippen LogP contribution in [0.25, 0.3) is 24.3 Å². The first-order valence-electron chi connectivity index (χ1n) is 15.4. The summed E-state index contributed by atoms with van der Waals surface area (Å²) in [7, 11) is 8.46. The Kier molecular flexibility index (Phi) is 13.9. The van der Waals surface area contributed by atoms with E-state index in [0.29, 0.717) is 0 Å². The van der Waals surface area contributed by atoms with E-state index in [-0.39, 0.29) is 0 Å². The minimum absolute atomic E-state index is 1.01. The fourth-order valence-electron chi connectivity index (χ4n) is 4.69. The molecule has 0 fully saturated rings. The van der Waals surface area contributed by atoms with Gasteiger partial charge in [0.05, 0.1) is 0 Å². The predicted molar refractivity (Wildman–Crippen MR) is 195 cm³/mol. The van der Waals surface area contributed by atoms with E-state index in [1.807, 2.05) is 46.1 Å². The average Bonchev–Trinajstić information content (AvgIpc) is 3.52. The van der Waals surface area contributed by atoms with Crippen LogP contribution in [0.15, 0.2) is 91.5 Å². The van der Waals surface area contributed by atoms with Crippen molar-refractivity contribution >= 4 is 57.3 Å². The number of hydrogen-bond acceptors (Lipinski definition) is 5. The summed E-state index contributed by atoms with van der Waals surface area (Å²) < 4.78 is 2.20. The third-order valence-corrected chi connectivity index (χ3v) is 10.1. The molecule has 4 rings (SSSR count). The van der Waals surface area contributed by atoms with Gasteiger partial charge < -0.3 is 14.4 Å². The van der Waals surface area contributed by atoms with Crippen LogP contribution in [0.5, 0.6) is 0 Å². The Morgan fingerprint density at radius 3 is 1.53 bits per heavy atom. The molecule has 0 aliphatic carbocycles. The van der Waals surface area contributed by atoms with Crippen molar-refractivity contribution in [1.29, 1.82) is 0 Å². The van der Waals surface area contributed by atoms with E-state index in [4.69, 9.17) is 0 Å². The fraction of sp³-hybridized carbons (Fsp3) is 0.324. The Morgan fingerprint density at radius 2 is 1.07 bits per heavy atom. The zero-order valence-corrected chi connectivity index (χ0v) is 27.6. The Bertz CT molecular complexity index is 1380. The van der Waals surface area contributed by atoms with Crippen molar-refractivity contribution in [3.05, 3.63) is 114 Å². The van der Waals surface area contributed by atoms with Crippen LogP contribution >= 0.6 is 21.6 Å². The molecular weight excluding hydrogens is 565 g/mol. The summed E-state index contributed by atoms with van der Waals surface area (Å²) in [6.45, 7) is 5.36. The van der Waals surface area contributed by atoms with Crippen molar-refractivity contribution in [2.45, 2.75) is 39.2 Å². The van der Waals surface area contributed by atoms with Crippen molar-refractivity contribution < 1.29 is 0 Å². The molecule has 2 aromatic carbocycles. The highest BCUT2D eigenvalue weighted by Gasteiger charge is 2.03. The molecule has 4 nitrogen and oxygen atoms in total. The van der Waals surface area contributed by atoms with Crippen molar-refractivity contribution in [3.63, 3.8) is 0 Å². The van der Waals surface area contributed by atoms with Gasteiger partial charge in [0.2, 0.25) is 0 Å². The molecule has 0 aliphatic rings. The van der Waals surface area contributed by atoms with E-state index in [1.165, 1.54) is 70.8 Å². The third kappa shape index (κ3) is 11.7. The van der Waals surface area contributed by atoms with Crippen LogP contribution in [0.2, 0.25) is 0 Å². The first kappa shape index (κ1) is 32.6. The van der Waals surface area contributed by atoms with Gasteiger partial charge in [-0.2, -0.15) is 0 Å². The van der Waals surface area contributed by atoms with Crippen LogP contribution in [0, 0.1) is 0 Å². The van der Waals surface area contributed by atoms with Gasteiger partial charge in [-0.15, -0.1) is 0 Å². The minimum Gasteiger partial charge on any atom is -0.375 e. The van der Waals surface area contributed by atoms with E-state index < -0.39 is 0 Å². The van der Waals surface area contributed by atoms with Crippen molar-refractivity contribution in [3.8, 4) is 0 Å². The summed E-state index contributed by atoms with van der Waals surface area (Å²) in [6.07, 6.45) is 21.6. The summed E-state index contributed by atoms with van der Waals surface area (Å²) in [5, 5.41) is 0. The molecule has 0 unspecified atom stereocenters. The van der Waals surface area contributed by atoms with Gasteiger partial charge in [0.25, 0.3) is 0 Å². The number of unbranched alkanes of at least 4 members (excludes halogenated alkanes) is 2. The molecule has 43 heavy (non-hydrogen) atoms. The highest BCUT2D eigenvalue weighted by atomic mass is 33.1. The molecule has 2 heterocycles. The summed E-state index contributed by atoms with van der Waals surface area (Å²) >= 11 is 0. The second-order valence-electron chi connectivity index (χ2n) is 10.8. The van der Waals surface area contributed by atoms with E-state index in [2.05, 4.69) is 132 Å². The number of hydrogen-bond donors (Lipinski definition) is 0. The zero-order chi connectivity index (χ0) is 30.1. The van der Waals surface area contributed by atoms with Crippen molar-refractivity contribution in [2.24, 2.45) is 0 Å². The summed E-state index contributed by atoms with van der Waals surface area (Å²) in [5.41, 5.74) is 7.43. The Balaban J connectivity index is 1.01. The van der Waals surface area contributed by atoms with E-state index >= 15 is 0 Å². The maximum atomic E-state index is 4.07. The Labute approximate surface area is 267 Å².